The van der Waals surface area contributed by atoms with Crippen LogP contribution in [0, 0.1) is 0 Å². The first-order valence-electron chi connectivity index (χ1n) is 11.4. The van der Waals surface area contributed by atoms with E-state index in [1.165, 1.54) is 6.07 Å². The van der Waals surface area contributed by atoms with E-state index >= 15 is 0 Å². The molecule has 0 aliphatic carbocycles. The number of hydrogen-bond donors (Lipinski definition) is 2. The summed E-state index contributed by atoms with van der Waals surface area (Å²) in [6, 6.07) is 1.47. The number of hydrogen-bond acceptors (Lipinski definition) is 5. The van der Waals surface area contributed by atoms with Crippen molar-refractivity contribution in [2.45, 2.75) is 32.0 Å². The number of halogens is 2. The summed E-state index contributed by atoms with van der Waals surface area (Å²) in [4.78, 5) is 27.1. The zero-order valence-electron chi connectivity index (χ0n) is 19.1. The lowest BCUT2D eigenvalue weighted by Gasteiger charge is -2.29. The Balaban J connectivity index is 1.74. The van der Waals surface area contributed by atoms with Gasteiger partial charge in [0.05, 0.1) is 34.1 Å². The number of benzene rings is 1. The normalized spacial score (nSPS) is 18.2. The number of ether oxygens (including phenoxy) is 2. The van der Waals surface area contributed by atoms with Crippen LogP contribution in [0.25, 0.3) is 22.0 Å². The Morgan fingerprint density at radius 1 is 1.34 bits per heavy atom. The number of methoxy groups -OCH3 is 1. The van der Waals surface area contributed by atoms with Crippen LogP contribution in [-0.2, 0) is 16.0 Å². The van der Waals surface area contributed by atoms with E-state index in [-0.39, 0.29) is 27.9 Å². The first-order chi connectivity index (χ1) is 16.9. The van der Waals surface area contributed by atoms with Crippen LogP contribution < -0.4 is 5.32 Å². The van der Waals surface area contributed by atoms with E-state index in [9.17, 15) is 14.7 Å². The van der Waals surface area contributed by atoms with Crippen molar-refractivity contribution in [3.8, 4) is 11.1 Å². The predicted molar refractivity (Wildman–Crippen MR) is 131 cm³/mol. The second-order valence-corrected chi connectivity index (χ2v) is 9.35. The Labute approximate surface area is 211 Å². The lowest BCUT2D eigenvalue weighted by molar-refractivity contribution is -0.0394. The van der Waals surface area contributed by atoms with Crippen molar-refractivity contribution < 1.29 is 24.2 Å². The number of amides is 2. The van der Waals surface area contributed by atoms with E-state index in [0.717, 1.165) is 19.3 Å². The van der Waals surface area contributed by atoms with Crippen LogP contribution >= 0.6 is 23.2 Å². The molecule has 1 fully saturated rings. The average molecular weight is 522 g/mol. The van der Waals surface area contributed by atoms with Gasteiger partial charge in [-0.3, -0.25) is 10.1 Å². The summed E-state index contributed by atoms with van der Waals surface area (Å²) in [6.45, 7) is 2.42. The van der Waals surface area contributed by atoms with Crippen LogP contribution in [-0.4, -0.2) is 69.8 Å². The third-order valence-electron chi connectivity index (χ3n) is 6.45. The monoisotopic (exact) mass is 521 g/mol. The number of carbonyl (C=O) groups is 2. The van der Waals surface area contributed by atoms with Gasteiger partial charge in [0.15, 0.2) is 0 Å². The number of fused-ring (bicyclic) bond motifs is 3. The third kappa shape index (κ3) is 4.24. The molecule has 3 aromatic rings. The van der Waals surface area contributed by atoms with Gasteiger partial charge in [0, 0.05) is 56.1 Å². The van der Waals surface area contributed by atoms with E-state index in [0.29, 0.717) is 60.6 Å². The molecule has 0 bridgehead atoms. The van der Waals surface area contributed by atoms with Crippen LogP contribution in [0.1, 0.15) is 36.0 Å². The summed E-state index contributed by atoms with van der Waals surface area (Å²) < 4.78 is 14.6. The molecule has 0 radical (unpaired) electrons. The molecule has 1 saturated heterocycles. The molecule has 2 aliphatic rings. The highest BCUT2D eigenvalue weighted by atomic mass is 35.5. The van der Waals surface area contributed by atoms with Crippen molar-refractivity contribution in [2.24, 2.45) is 0 Å². The molecule has 2 aliphatic heterocycles. The number of carboxylic acid groups (broad SMARTS) is 1. The van der Waals surface area contributed by atoms with Gasteiger partial charge < -0.3 is 24.0 Å². The molecule has 5 rings (SSSR count). The second kappa shape index (κ2) is 9.69. The largest absolute Gasteiger partial charge is 0.465 e. The molecule has 2 aromatic heterocycles. The van der Waals surface area contributed by atoms with Gasteiger partial charge >= 0.3 is 6.09 Å². The zero-order valence-corrected chi connectivity index (χ0v) is 20.6. The van der Waals surface area contributed by atoms with Crippen LogP contribution in [0.2, 0.25) is 10.0 Å². The van der Waals surface area contributed by atoms with Crippen LogP contribution in [0.15, 0.2) is 18.5 Å². The van der Waals surface area contributed by atoms with Crippen molar-refractivity contribution in [3.63, 3.8) is 0 Å². The fourth-order valence-corrected chi connectivity index (χ4v) is 5.32. The molecule has 2 N–H and O–H groups in total. The highest BCUT2D eigenvalue weighted by Crippen LogP contribution is 2.46. The molecule has 4 heterocycles. The molecule has 35 heavy (non-hydrogen) atoms. The molecule has 1 aromatic carbocycles. The van der Waals surface area contributed by atoms with E-state index in [1.807, 2.05) is 10.8 Å². The number of anilines is 1. The maximum atomic E-state index is 13.7. The van der Waals surface area contributed by atoms with Gasteiger partial charge in [-0.05, 0) is 25.3 Å². The van der Waals surface area contributed by atoms with Gasteiger partial charge in [-0.25, -0.2) is 9.48 Å². The Morgan fingerprint density at radius 3 is 2.89 bits per heavy atom. The first-order valence-corrected chi connectivity index (χ1v) is 12.1. The first kappa shape index (κ1) is 23.9. The van der Waals surface area contributed by atoms with E-state index in [2.05, 4.69) is 10.4 Å². The summed E-state index contributed by atoms with van der Waals surface area (Å²) in [5, 5.41) is 17.4. The maximum Gasteiger partial charge on any atom is 0.409 e. The predicted octanol–water partition coefficient (Wildman–Crippen LogP) is 4.70. The summed E-state index contributed by atoms with van der Waals surface area (Å²) >= 11 is 13.0. The second-order valence-electron chi connectivity index (χ2n) is 8.56. The molecular weight excluding hydrogens is 497 g/mol. The maximum absolute atomic E-state index is 13.7. The average Bonchev–Trinajstić information content (AvgIpc) is 3.46. The molecule has 10 nitrogen and oxygen atoms in total. The minimum atomic E-state index is -1.25. The van der Waals surface area contributed by atoms with Gasteiger partial charge in [0.2, 0.25) is 0 Å². The Bertz CT molecular complexity index is 1300. The minimum Gasteiger partial charge on any atom is -0.465 e. The summed E-state index contributed by atoms with van der Waals surface area (Å²) in [5.74, 6) is -0.199. The van der Waals surface area contributed by atoms with Crippen molar-refractivity contribution in [1.29, 1.82) is 0 Å². The van der Waals surface area contributed by atoms with Crippen LogP contribution in [0.3, 0.4) is 0 Å². The lowest BCUT2D eigenvalue weighted by Crippen LogP contribution is -2.42. The molecule has 2 amide bonds. The number of aromatic nitrogens is 3. The molecule has 1 atom stereocenters. The summed E-state index contributed by atoms with van der Waals surface area (Å²) in [6.07, 6.45) is 4.95. The standard InChI is InChI=1S/C23H25Cl2N5O5/c1-34-9-7-28-5-6-29-20-18(15(27-23(32)33)10-14(24)19(20)25)17(21(29)22(28)31)13-11-26-30(12-13)16-4-2-3-8-35-16/h10-12,16,27H,2-9H2,1H3,(H,32,33). The third-order valence-corrected chi connectivity index (χ3v) is 7.23. The zero-order chi connectivity index (χ0) is 24.7. The number of carbonyl (C=O) groups excluding carboxylic acids is 1. The fraction of sp³-hybridized carbons (Fsp3) is 0.435. The van der Waals surface area contributed by atoms with E-state index in [1.54, 1.807) is 22.9 Å². The van der Waals surface area contributed by atoms with Crippen molar-refractivity contribution in [2.75, 3.05) is 38.7 Å². The topological polar surface area (TPSA) is 111 Å². The van der Waals surface area contributed by atoms with Gasteiger partial charge in [-0.1, -0.05) is 23.2 Å². The van der Waals surface area contributed by atoms with E-state index < -0.39 is 6.09 Å². The molecule has 0 saturated carbocycles. The molecular formula is C23H25Cl2N5O5. The Hall–Kier alpha value is -2.79. The Morgan fingerprint density at radius 2 is 2.17 bits per heavy atom. The Kier molecular flexibility index (Phi) is 6.63. The molecule has 12 heteroatoms. The minimum absolute atomic E-state index is 0.189. The van der Waals surface area contributed by atoms with Crippen molar-refractivity contribution >= 4 is 51.8 Å². The highest BCUT2D eigenvalue weighted by molar-refractivity contribution is 6.46. The SMILES string of the molecule is COCCN1CCn2c(c(-c3cnn(C4CCCCO4)c3)c3c(NC(=O)O)cc(Cl)c(Cl)c32)C1=O. The molecule has 1 unspecified atom stereocenters. The fourth-order valence-electron chi connectivity index (χ4n) is 4.87. The van der Waals surface area contributed by atoms with Crippen LogP contribution in [0.5, 0.6) is 0 Å². The molecule has 0 spiro atoms. The van der Waals surface area contributed by atoms with Crippen molar-refractivity contribution in [3.05, 3.63) is 34.2 Å². The van der Waals surface area contributed by atoms with Gasteiger partial charge in [0.25, 0.3) is 5.91 Å². The van der Waals surface area contributed by atoms with Gasteiger partial charge in [-0.2, -0.15) is 5.10 Å². The molecule has 186 valence electrons. The quantitative estimate of drug-likeness (QED) is 0.486. The number of nitrogens with one attached hydrogen (secondary N) is 1. The van der Waals surface area contributed by atoms with Crippen LogP contribution in [0.4, 0.5) is 10.5 Å². The summed E-state index contributed by atoms with van der Waals surface area (Å²) in [5.41, 5.74) is 2.37. The number of rotatable bonds is 6. The van der Waals surface area contributed by atoms with Gasteiger partial charge in [-0.15, -0.1) is 0 Å². The lowest BCUT2D eigenvalue weighted by atomic mass is 10.0. The van der Waals surface area contributed by atoms with E-state index in [4.69, 9.17) is 32.7 Å². The van der Waals surface area contributed by atoms with Gasteiger partial charge in [0.1, 0.15) is 11.9 Å². The number of nitrogens with zero attached hydrogens (tertiary/aromatic N) is 4. The highest BCUT2D eigenvalue weighted by Gasteiger charge is 2.34. The summed E-state index contributed by atoms with van der Waals surface area (Å²) in [7, 11) is 1.59. The van der Waals surface area contributed by atoms with Crippen molar-refractivity contribution in [1.82, 2.24) is 19.2 Å². The smallest absolute Gasteiger partial charge is 0.409 e.